The van der Waals surface area contributed by atoms with Gasteiger partial charge in [-0.05, 0) is 92.0 Å². The highest BCUT2D eigenvalue weighted by Gasteiger charge is 2.36. The smallest absolute Gasteiger partial charge is 0.481 e. The lowest BCUT2D eigenvalue weighted by Gasteiger charge is -2.42. The van der Waals surface area contributed by atoms with Crippen molar-refractivity contribution in [1.82, 2.24) is 0 Å². The van der Waals surface area contributed by atoms with Crippen molar-refractivity contribution in [3.8, 4) is 5.75 Å². The minimum Gasteiger partial charge on any atom is -0.481 e. The molecule has 2 fully saturated rings. The molecule has 2 amide bonds. The largest absolute Gasteiger partial charge is 0.573 e. The highest BCUT2D eigenvalue weighted by molar-refractivity contribution is 5.99. The molecule has 2 aliphatic rings. The van der Waals surface area contributed by atoms with Crippen molar-refractivity contribution in [2.75, 3.05) is 10.6 Å². The summed E-state index contributed by atoms with van der Waals surface area (Å²) < 4.78 is 41.0. The van der Waals surface area contributed by atoms with E-state index in [0.29, 0.717) is 29.4 Å². The first-order valence-electron chi connectivity index (χ1n) is 11.9. The molecule has 0 bridgehead atoms. The Kier molecular flexibility index (Phi) is 7.52. The summed E-state index contributed by atoms with van der Waals surface area (Å²) in [5.41, 5.74) is 1.98. The fraction of sp³-hybridized carbons (Fsp3) is 0.462. The Balaban J connectivity index is 1.28. The van der Waals surface area contributed by atoms with Gasteiger partial charge in [-0.3, -0.25) is 4.79 Å². The Morgan fingerprint density at radius 1 is 0.914 bits per heavy atom. The normalized spacial score (nSPS) is 24.2. The number of carboxylic acids is 1. The highest BCUT2D eigenvalue weighted by atomic mass is 19.4. The average Bonchev–Trinajstić information content (AvgIpc) is 2.78. The number of nitrogens with one attached hydrogen (secondary N) is 2. The molecule has 0 heterocycles. The molecule has 0 radical (unpaired) electrons. The number of amides is 2. The summed E-state index contributed by atoms with van der Waals surface area (Å²) in [6.45, 7) is 0. The van der Waals surface area contributed by atoms with Crippen LogP contribution in [0.2, 0.25) is 0 Å². The molecule has 0 aromatic heterocycles. The summed E-state index contributed by atoms with van der Waals surface area (Å²) in [5, 5.41) is 14.3. The van der Waals surface area contributed by atoms with Crippen molar-refractivity contribution < 1.29 is 32.6 Å². The van der Waals surface area contributed by atoms with Crippen LogP contribution in [0.5, 0.6) is 5.75 Å². The molecule has 4 rings (SSSR count). The van der Waals surface area contributed by atoms with Crippen LogP contribution >= 0.6 is 0 Å². The van der Waals surface area contributed by atoms with Crippen molar-refractivity contribution in [1.29, 1.82) is 0 Å². The number of halogens is 3. The molecule has 4 atom stereocenters. The van der Waals surface area contributed by atoms with Crippen molar-refractivity contribution in [3.05, 3.63) is 54.1 Å². The second kappa shape index (κ2) is 10.6. The van der Waals surface area contributed by atoms with Gasteiger partial charge in [0.25, 0.3) is 0 Å². The van der Waals surface area contributed by atoms with Crippen LogP contribution in [0.3, 0.4) is 0 Å². The lowest BCUT2D eigenvalue weighted by Crippen LogP contribution is -2.31. The maximum Gasteiger partial charge on any atom is 0.573 e. The lowest BCUT2D eigenvalue weighted by atomic mass is 9.63. The quantitative estimate of drug-likeness (QED) is 0.407. The van der Waals surface area contributed by atoms with E-state index < -0.39 is 24.1 Å². The molecule has 6 nitrogen and oxygen atoms in total. The minimum absolute atomic E-state index is 0.177. The molecule has 3 N–H and O–H groups in total. The van der Waals surface area contributed by atoms with E-state index >= 15 is 0 Å². The van der Waals surface area contributed by atoms with E-state index in [-0.39, 0.29) is 12.1 Å². The molecule has 188 valence electrons. The number of urea groups is 1. The van der Waals surface area contributed by atoms with E-state index in [1.165, 1.54) is 17.7 Å². The van der Waals surface area contributed by atoms with E-state index in [1.807, 2.05) is 24.3 Å². The minimum atomic E-state index is -4.80. The Labute approximate surface area is 201 Å². The number of benzene rings is 2. The maximum absolute atomic E-state index is 12.4. The van der Waals surface area contributed by atoms with Gasteiger partial charge in [-0.1, -0.05) is 18.2 Å². The fourth-order valence-corrected chi connectivity index (χ4v) is 5.62. The van der Waals surface area contributed by atoms with Crippen LogP contribution in [0, 0.1) is 17.8 Å². The van der Waals surface area contributed by atoms with Crippen LogP contribution in [0.4, 0.5) is 29.3 Å². The van der Waals surface area contributed by atoms with Gasteiger partial charge in [0, 0.05) is 23.9 Å². The van der Waals surface area contributed by atoms with Gasteiger partial charge in [-0.15, -0.1) is 13.2 Å². The van der Waals surface area contributed by atoms with Crippen LogP contribution in [0.1, 0.15) is 56.4 Å². The number of anilines is 2. The van der Waals surface area contributed by atoms with Gasteiger partial charge in [-0.25, -0.2) is 4.79 Å². The number of ether oxygens (including phenoxy) is 1. The van der Waals surface area contributed by atoms with Gasteiger partial charge >= 0.3 is 18.4 Å². The summed E-state index contributed by atoms with van der Waals surface area (Å²) >= 11 is 0. The zero-order valence-electron chi connectivity index (χ0n) is 19.2. The monoisotopic (exact) mass is 490 g/mol. The Morgan fingerprint density at radius 3 is 2.31 bits per heavy atom. The Morgan fingerprint density at radius 2 is 1.60 bits per heavy atom. The van der Waals surface area contributed by atoms with Crippen LogP contribution in [-0.2, 0) is 4.79 Å². The van der Waals surface area contributed by atoms with Crippen molar-refractivity contribution in [3.63, 3.8) is 0 Å². The molecule has 9 heteroatoms. The van der Waals surface area contributed by atoms with Crippen LogP contribution in [-0.4, -0.2) is 23.5 Å². The molecular formula is C26H29F3N2O4. The second-order valence-electron chi connectivity index (χ2n) is 9.58. The maximum atomic E-state index is 12.4. The molecule has 0 saturated heterocycles. The topological polar surface area (TPSA) is 87.7 Å². The third-order valence-electron chi connectivity index (χ3n) is 7.15. The number of fused-ring (bicyclic) bond motifs is 1. The molecule has 35 heavy (non-hydrogen) atoms. The van der Waals surface area contributed by atoms with E-state index in [2.05, 4.69) is 15.4 Å². The Hall–Kier alpha value is -3.23. The molecule has 0 spiro atoms. The van der Waals surface area contributed by atoms with Crippen LogP contribution in [0.15, 0.2) is 48.5 Å². The van der Waals surface area contributed by atoms with Gasteiger partial charge in [0.05, 0.1) is 0 Å². The molecule has 2 aromatic rings. The van der Waals surface area contributed by atoms with E-state index in [9.17, 15) is 22.8 Å². The zero-order valence-corrected chi connectivity index (χ0v) is 19.2. The fourth-order valence-electron chi connectivity index (χ4n) is 5.62. The average molecular weight is 491 g/mol. The number of carboxylic acid groups (broad SMARTS) is 1. The summed E-state index contributed by atoms with van der Waals surface area (Å²) in [5.74, 6) is 0.903. The zero-order chi connectivity index (χ0) is 25.0. The molecule has 2 saturated carbocycles. The van der Waals surface area contributed by atoms with Crippen molar-refractivity contribution >= 4 is 23.4 Å². The molecule has 2 aliphatic carbocycles. The van der Waals surface area contributed by atoms with Gasteiger partial charge in [0.1, 0.15) is 5.75 Å². The van der Waals surface area contributed by atoms with Gasteiger partial charge in [0.2, 0.25) is 0 Å². The standard InChI is InChI=1S/C26H29F3N2O4/c27-26(28,29)35-23-3-1-2-22(15-23)31-25(34)30-21-10-8-17(9-11-21)19-7-6-18-12-16(13-24(32)33)4-5-20(18)14-19/h1-3,8-11,15-16,18-20H,4-7,12-14H2,(H,32,33)(H2,30,31,34). The van der Waals surface area contributed by atoms with Crippen molar-refractivity contribution in [2.24, 2.45) is 17.8 Å². The first-order chi connectivity index (χ1) is 16.6. The molecular weight excluding hydrogens is 461 g/mol. The first-order valence-corrected chi connectivity index (χ1v) is 11.9. The lowest BCUT2D eigenvalue weighted by molar-refractivity contribution is -0.274. The summed E-state index contributed by atoms with van der Waals surface area (Å²) in [6.07, 6.45) is 1.87. The summed E-state index contributed by atoms with van der Waals surface area (Å²) in [4.78, 5) is 23.3. The second-order valence-corrected chi connectivity index (χ2v) is 9.58. The number of aliphatic carboxylic acids is 1. The SMILES string of the molecule is O=C(O)CC1CCC2CC(c3ccc(NC(=O)Nc4cccc(OC(F)(F)F)c4)cc3)CCC2C1. The summed E-state index contributed by atoms with van der Waals surface area (Å²) in [6, 6.07) is 12.2. The number of hydrogen-bond donors (Lipinski definition) is 3. The number of rotatable bonds is 6. The third-order valence-corrected chi connectivity index (χ3v) is 7.15. The van der Waals surface area contributed by atoms with E-state index in [1.54, 1.807) is 0 Å². The molecule has 0 aliphatic heterocycles. The number of hydrogen-bond acceptors (Lipinski definition) is 3. The number of carbonyl (C=O) groups is 2. The first kappa shape index (κ1) is 24.9. The van der Waals surface area contributed by atoms with Crippen LogP contribution in [0.25, 0.3) is 0 Å². The molecule has 4 unspecified atom stereocenters. The van der Waals surface area contributed by atoms with Gasteiger partial charge in [-0.2, -0.15) is 0 Å². The molecule has 2 aromatic carbocycles. The van der Waals surface area contributed by atoms with Crippen molar-refractivity contribution in [2.45, 2.75) is 57.2 Å². The third kappa shape index (κ3) is 7.13. The number of carbonyl (C=O) groups excluding carboxylic acids is 1. The van der Waals surface area contributed by atoms with Crippen LogP contribution < -0.4 is 15.4 Å². The predicted molar refractivity (Wildman–Crippen MR) is 125 cm³/mol. The van der Waals surface area contributed by atoms with Gasteiger partial charge < -0.3 is 20.5 Å². The van der Waals surface area contributed by atoms with Gasteiger partial charge in [0.15, 0.2) is 0 Å². The number of alkyl halides is 3. The summed E-state index contributed by atoms with van der Waals surface area (Å²) in [7, 11) is 0. The van der Waals surface area contributed by atoms with E-state index in [0.717, 1.165) is 50.7 Å². The van der Waals surface area contributed by atoms with E-state index in [4.69, 9.17) is 5.11 Å². The highest BCUT2D eigenvalue weighted by Crippen LogP contribution is 2.48. The Bertz CT molecular complexity index is 1040. The predicted octanol–water partition coefficient (Wildman–Crippen LogP) is 7.00.